The first-order valence-corrected chi connectivity index (χ1v) is 13.4. The minimum atomic E-state index is -0.429. The van der Waals surface area contributed by atoms with Gasteiger partial charge in [0.15, 0.2) is 11.0 Å². The smallest absolute Gasteiger partial charge is 0.319 e. The predicted octanol–water partition coefficient (Wildman–Crippen LogP) is 7.11. The lowest BCUT2D eigenvalue weighted by atomic mass is 10.2. The van der Waals surface area contributed by atoms with Gasteiger partial charge in [0.05, 0.1) is 18.3 Å². The highest BCUT2D eigenvalue weighted by atomic mass is 35.5. The van der Waals surface area contributed by atoms with E-state index in [4.69, 9.17) is 16.3 Å². The number of hydrogen-bond acceptors (Lipinski definition) is 5. The minimum Gasteiger partial charge on any atom is -0.494 e. The van der Waals surface area contributed by atoms with E-state index in [1.807, 2.05) is 55.7 Å². The number of urea groups is 1. The molecule has 4 aromatic rings. The third-order valence-corrected chi connectivity index (χ3v) is 6.91. The zero-order valence-corrected chi connectivity index (χ0v) is 22.9. The number of hydrogen-bond donors (Lipinski definition) is 2. The van der Waals surface area contributed by atoms with Crippen molar-refractivity contribution in [2.75, 3.05) is 11.9 Å². The maximum Gasteiger partial charge on any atom is 0.319 e. The summed E-state index contributed by atoms with van der Waals surface area (Å²) in [5, 5.41) is 16.1. The van der Waals surface area contributed by atoms with E-state index in [-0.39, 0.29) is 6.03 Å². The first-order valence-electron chi connectivity index (χ1n) is 12.0. The fraction of sp³-hybridized carbons (Fsp3) is 0.250. The van der Waals surface area contributed by atoms with Crippen molar-refractivity contribution in [1.82, 2.24) is 20.1 Å². The first kappa shape index (κ1) is 26.6. The summed E-state index contributed by atoms with van der Waals surface area (Å²) < 4.78 is 7.44. The molecule has 192 valence electrons. The lowest BCUT2D eigenvalue weighted by Gasteiger charge is -2.18. The van der Waals surface area contributed by atoms with Crippen LogP contribution in [-0.4, -0.2) is 27.4 Å². The van der Waals surface area contributed by atoms with Crippen molar-refractivity contribution in [3.05, 3.63) is 94.3 Å². The van der Waals surface area contributed by atoms with E-state index in [1.165, 1.54) is 11.1 Å². The van der Waals surface area contributed by atoms with Crippen molar-refractivity contribution in [3.8, 4) is 11.4 Å². The zero-order valence-electron chi connectivity index (χ0n) is 21.3. The molecule has 2 N–H and O–H groups in total. The largest absolute Gasteiger partial charge is 0.494 e. The van der Waals surface area contributed by atoms with Gasteiger partial charge in [-0.05, 0) is 75.2 Å². The average Bonchev–Trinajstić information content (AvgIpc) is 3.29. The van der Waals surface area contributed by atoms with Gasteiger partial charge in [-0.25, -0.2) is 4.79 Å². The molecule has 3 aromatic carbocycles. The molecule has 1 aromatic heterocycles. The Balaban J connectivity index is 1.56. The van der Waals surface area contributed by atoms with E-state index in [9.17, 15) is 4.79 Å². The van der Waals surface area contributed by atoms with Crippen molar-refractivity contribution >= 4 is 35.1 Å². The molecule has 0 saturated heterocycles. The Morgan fingerprint density at radius 3 is 2.59 bits per heavy atom. The van der Waals surface area contributed by atoms with Crippen LogP contribution in [0.2, 0.25) is 5.02 Å². The van der Waals surface area contributed by atoms with E-state index < -0.39 is 6.04 Å². The molecular weight excluding hydrogens is 506 g/mol. The van der Waals surface area contributed by atoms with E-state index in [0.29, 0.717) is 23.1 Å². The number of carbonyl (C=O) groups is 1. The molecular formula is C28H30ClN5O2S. The number of nitrogens with one attached hydrogen (secondary N) is 2. The number of anilines is 1. The number of benzene rings is 3. The van der Waals surface area contributed by atoms with Crippen LogP contribution in [0.15, 0.2) is 71.9 Å². The van der Waals surface area contributed by atoms with Crippen LogP contribution in [0.5, 0.6) is 5.75 Å². The quantitative estimate of drug-likeness (QED) is 0.223. The standard InChI is InChI=1S/C28H30ClN5O2S/c1-5-36-24-13-11-23(12-14-24)31-27(35)30-20(4)26-32-33-28(37-17-21-8-6-7-18(2)15-21)34(26)25-16-22(29)10-9-19(25)3/h6-16,20H,5,17H2,1-4H3,(H2,30,31,35). The Morgan fingerprint density at radius 2 is 1.86 bits per heavy atom. The number of thioether (sulfide) groups is 1. The maximum absolute atomic E-state index is 12.8. The Bertz CT molecular complexity index is 1370. The molecule has 1 heterocycles. The summed E-state index contributed by atoms with van der Waals surface area (Å²) in [6.45, 7) is 8.49. The van der Waals surface area contributed by atoms with E-state index in [2.05, 4.69) is 52.0 Å². The molecule has 4 rings (SSSR count). The molecule has 1 atom stereocenters. The third kappa shape index (κ3) is 6.84. The Morgan fingerprint density at radius 1 is 1.08 bits per heavy atom. The molecule has 7 nitrogen and oxygen atoms in total. The molecule has 0 spiro atoms. The number of aromatic nitrogens is 3. The number of nitrogens with zero attached hydrogens (tertiary/aromatic N) is 3. The summed E-state index contributed by atoms with van der Waals surface area (Å²) in [5.41, 5.74) is 4.97. The number of halogens is 1. The molecule has 0 saturated carbocycles. The third-order valence-electron chi connectivity index (χ3n) is 5.68. The monoisotopic (exact) mass is 535 g/mol. The summed E-state index contributed by atoms with van der Waals surface area (Å²) in [6, 6.07) is 20.6. The van der Waals surface area contributed by atoms with Gasteiger partial charge in [0.25, 0.3) is 0 Å². The first-order chi connectivity index (χ1) is 17.8. The summed E-state index contributed by atoms with van der Waals surface area (Å²) in [4.78, 5) is 12.8. The number of carbonyl (C=O) groups excluding carboxylic acids is 1. The summed E-state index contributed by atoms with van der Waals surface area (Å²) in [5.74, 6) is 2.10. The topological polar surface area (TPSA) is 81.1 Å². The van der Waals surface area contributed by atoms with Gasteiger partial charge in [0, 0.05) is 16.5 Å². The van der Waals surface area contributed by atoms with E-state index in [0.717, 1.165) is 27.9 Å². The van der Waals surface area contributed by atoms with Crippen LogP contribution in [0.1, 0.15) is 42.4 Å². The number of rotatable bonds is 9. The highest BCUT2D eigenvalue weighted by molar-refractivity contribution is 7.98. The Labute approximate surface area is 226 Å². The normalized spacial score (nSPS) is 11.7. The van der Waals surface area contributed by atoms with Crippen LogP contribution in [-0.2, 0) is 5.75 Å². The van der Waals surface area contributed by atoms with Crippen LogP contribution in [0.3, 0.4) is 0 Å². The number of ether oxygens (including phenoxy) is 1. The van der Waals surface area contributed by atoms with E-state index in [1.54, 1.807) is 23.9 Å². The van der Waals surface area contributed by atoms with Crippen LogP contribution < -0.4 is 15.4 Å². The van der Waals surface area contributed by atoms with Crippen LogP contribution >= 0.6 is 23.4 Å². The van der Waals surface area contributed by atoms with Gasteiger partial charge < -0.3 is 15.4 Å². The van der Waals surface area contributed by atoms with Gasteiger partial charge in [-0.1, -0.05) is 59.3 Å². The molecule has 0 aliphatic carbocycles. The summed E-state index contributed by atoms with van der Waals surface area (Å²) in [6.07, 6.45) is 0. The van der Waals surface area contributed by atoms with Gasteiger partial charge in [-0.3, -0.25) is 4.57 Å². The molecule has 1 unspecified atom stereocenters. The molecule has 0 fully saturated rings. The van der Waals surface area contributed by atoms with Gasteiger partial charge >= 0.3 is 6.03 Å². The summed E-state index contributed by atoms with van der Waals surface area (Å²) >= 11 is 7.95. The minimum absolute atomic E-state index is 0.344. The molecule has 0 bridgehead atoms. The molecule has 0 aliphatic heterocycles. The lowest BCUT2D eigenvalue weighted by Crippen LogP contribution is -2.32. The fourth-order valence-corrected chi connectivity index (χ4v) is 4.95. The maximum atomic E-state index is 12.8. The van der Waals surface area contributed by atoms with Crippen molar-refractivity contribution in [3.63, 3.8) is 0 Å². The van der Waals surface area contributed by atoms with Crippen LogP contribution in [0.4, 0.5) is 10.5 Å². The van der Waals surface area contributed by atoms with Crippen LogP contribution in [0, 0.1) is 13.8 Å². The highest BCUT2D eigenvalue weighted by Gasteiger charge is 2.22. The molecule has 0 radical (unpaired) electrons. The van der Waals surface area contributed by atoms with Gasteiger partial charge in [0.2, 0.25) is 0 Å². The number of amides is 2. The molecule has 2 amide bonds. The molecule has 9 heteroatoms. The zero-order chi connectivity index (χ0) is 26.4. The lowest BCUT2D eigenvalue weighted by molar-refractivity contribution is 0.248. The van der Waals surface area contributed by atoms with Crippen molar-refractivity contribution in [2.24, 2.45) is 0 Å². The van der Waals surface area contributed by atoms with Gasteiger partial charge in [-0.15, -0.1) is 10.2 Å². The van der Waals surface area contributed by atoms with Crippen molar-refractivity contribution in [1.29, 1.82) is 0 Å². The summed E-state index contributed by atoms with van der Waals surface area (Å²) in [7, 11) is 0. The van der Waals surface area contributed by atoms with Gasteiger partial charge in [-0.2, -0.15) is 0 Å². The second-order valence-corrected chi connectivity index (χ2v) is 10.0. The predicted molar refractivity (Wildman–Crippen MR) is 150 cm³/mol. The van der Waals surface area contributed by atoms with E-state index >= 15 is 0 Å². The molecule has 0 aliphatic rings. The van der Waals surface area contributed by atoms with Gasteiger partial charge in [0.1, 0.15) is 5.75 Å². The highest BCUT2D eigenvalue weighted by Crippen LogP contribution is 2.30. The van der Waals surface area contributed by atoms with Crippen molar-refractivity contribution < 1.29 is 9.53 Å². The Kier molecular flexibility index (Phi) is 8.74. The molecule has 37 heavy (non-hydrogen) atoms. The van der Waals surface area contributed by atoms with Crippen molar-refractivity contribution in [2.45, 2.75) is 44.6 Å². The second-order valence-electron chi connectivity index (χ2n) is 8.66. The SMILES string of the molecule is CCOc1ccc(NC(=O)NC(C)c2nnc(SCc3cccc(C)c3)n2-c2cc(Cl)ccc2C)cc1. The average molecular weight is 536 g/mol. The number of aryl methyl sites for hydroxylation is 2. The Hall–Kier alpha value is -3.49. The fourth-order valence-electron chi connectivity index (χ4n) is 3.88. The van der Waals surface area contributed by atoms with Crippen LogP contribution in [0.25, 0.3) is 5.69 Å². The second kappa shape index (κ2) is 12.2.